The Morgan fingerprint density at radius 3 is 1.80 bits per heavy atom. The molecule has 0 saturated heterocycles. The highest BCUT2D eigenvalue weighted by Gasteiger charge is 2.65. The van der Waals surface area contributed by atoms with Crippen molar-refractivity contribution in [2.45, 2.75) is 66.5 Å². The van der Waals surface area contributed by atoms with Gasteiger partial charge in [0.1, 0.15) is 0 Å². The molecule has 2 saturated carbocycles. The molecule has 2 fully saturated rings. The molecule has 1 heteroatoms. The van der Waals surface area contributed by atoms with Crippen molar-refractivity contribution in [3.63, 3.8) is 0 Å². The lowest BCUT2D eigenvalue weighted by Crippen LogP contribution is -2.45. The number of rotatable bonds is 3. The quantitative estimate of drug-likeness (QED) is 0.751. The third-order valence-corrected chi connectivity index (χ3v) is 5.54. The second-order valence-electron chi connectivity index (χ2n) is 7.22. The van der Waals surface area contributed by atoms with Crippen LogP contribution in [0.4, 0.5) is 0 Å². The summed E-state index contributed by atoms with van der Waals surface area (Å²) in [5.41, 5.74) is 0.992. The van der Waals surface area contributed by atoms with Crippen molar-refractivity contribution in [3.05, 3.63) is 0 Å². The maximum atomic E-state index is 3.86. The maximum absolute atomic E-state index is 3.86. The first-order chi connectivity index (χ1) is 6.76. The van der Waals surface area contributed by atoms with E-state index in [9.17, 15) is 0 Å². The molecule has 1 nitrogen and oxygen atoms in total. The number of nitrogens with one attached hydrogen (secondary N) is 1. The first kappa shape index (κ1) is 11.4. The highest BCUT2D eigenvalue weighted by atomic mass is 15.1. The summed E-state index contributed by atoms with van der Waals surface area (Å²) < 4.78 is 0. The van der Waals surface area contributed by atoms with Gasteiger partial charge in [-0.3, -0.25) is 0 Å². The molecule has 88 valence electrons. The monoisotopic (exact) mass is 209 g/mol. The fraction of sp³-hybridized carbons (Fsp3) is 1.00. The van der Waals surface area contributed by atoms with Crippen molar-refractivity contribution >= 4 is 0 Å². The lowest BCUT2D eigenvalue weighted by atomic mass is 9.73. The zero-order valence-corrected chi connectivity index (χ0v) is 11.2. The van der Waals surface area contributed by atoms with Gasteiger partial charge in [-0.2, -0.15) is 0 Å². The lowest BCUT2D eigenvalue weighted by Gasteiger charge is -2.39. The summed E-state index contributed by atoms with van der Waals surface area (Å²) in [6.07, 6.45) is 2.81. The zero-order valence-electron chi connectivity index (χ0n) is 11.2. The molecule has 0 spiro atoms. The third-order valence-electron chi connectivity index (χ3n) is 5.54. The summed E-state index contributed by atoms with van der Waals surface area (Å²) >= 11 is 0. The first-order valence-electron chi connectivity index (χ1n) is 6.53. The molecule has 0 bridgehead atoms. The Balaban J connectivity index is 1.78. The molecule has 0 radical (unpaired) electrons. The van der Waals surface area contributed by atoms with Crippen LogP contribution in [0.25, 0.3) is 0 Å². The minimum atomic E-state index is 0.496. The normalized spacial score (nSPS) is 37.8. The summed E-state index contributed by atoms with van der Waals surface area (Å²) in [5, 5.41) is 3.86. The van der Waals surface area contributed by atoms with Gasteiger partial charge in [-0.25, -0.2) is 0 Å². The second kappa shape index (κ2) is 3.23. The third kappa shape index (κ3) is 1.63. The van der Waals surface area contributed by atoms with Crippen molar-refractivity contribution < 1.29 is 0 Å². The topological polar surface area (TPSA) is 12.0 Å². The SMILES string of the molecule is CC(C)C1CC(NC2C(C)(C)C2(C)C)C1. The maximum Gasteiger partial charge on any atom is 0.0183 e. The van der Waals surface area contributed by atoms with Gasteiger partial charge in [0.15, 0.2) is 0 Å². The van der Waals surface area contributed by atoms with Crippen LogP contribution >= 0.6 is 0 Å². The highest BCUT2D eigenvalue weighted by molar-refractivity contribution is 5.18. The van der Waals surface area contributed by atoms with Gasteiger partial charge in [0.05, 0.1) is 0 Å². The van der Waals surface area contributed by atoms with E-state index < -0.39 is 0 Å². The molecule has 1 N–H and O–H groups in total. The summed E-state index contributed by atoms with van der Waals surface area (Å²) in [5.74, 6) is 1.86. The molecule has 0 unspecified atom stereocenters. The van der Waals surface area contributed by atoms with E-state index in [-0.39, 0.29) is 0 Å². The van der Waals surface area contributed by atoms with Gasteiger partial charge in [-0.1, -0.05) is 41.5 Å². The fourth-order valence-electron chi connectivity index (χ4n) is 3.19. The van der Waals surface area contributed by atoms with Crippen molar-refractivity contribution in [2.24, 2.45) is 22.7 Å². The average Bonchev–Trinajstić information content (AvgIpc) is 2.35. The molecule has 0 aromatic heterocycles. The zero-order chi connectivity index (χ0) is 11.4. The van der Waals surface area contributed by atoms with Gasteiger partial charge in [0, 0.05) is 12.1 Å². The van der Waals surface area contributed by atoms with Crippen LogP contribution in [0, 0.1) is 22.7 Å². The fourth-order valence-corrected chi connectivity index (χ4v) is 3.19. The van der Waals surface area contributed by atoms with Crippen molar-refractivity contribution in [1.29, 1.82) is 0 Å². The average molecular weight is 209 g/mol. The Kier molecular flexibility index (Phi) is 2.46. The Morgan fingerprint density at radius 2 is 1.47 bits per heavy atom. The lowest BCUT2D eigenvalue weighted by molar-refractivity contribution is 0.162. The van der Waals surface area contributed by atoms with E-state index in [1.165, 1.54) is 12.8 Å². The molecule has 0 aromatic rings. The van der Waals surface area contributed by atoms with Gasteiger partial charge in [-0.05, 0) is 35.5 Å². The van der Waals surface area contributed by atoms with E-state index in [2.05, 4.69) is 46.9 Å². The van der Waals surface area contributed by atoms with Crippen molar-refractivity contribution in [2.75, 3.05) is 0 Å². The first-order valence-corrected chi connectivity index (χ1v) is 6.53. The van der Waals surface area contributed by atoms with Crippen LogP contribution in [0.3, 0.4) is 0 Å². The Morgan fingerprint density at radius 1 is 1.00 bits per heavy atom. The van der Waals surface area contributed by atoms with E-state index in [1.54, 1.807) is 0 Å². The van der Waals surface area contributed by atoms with Crippen LogP contribution in [0.2, 0.25) is 0 Å². The minimum Gasteiger partial charge on any atom is -0.310 e. The molecule has 15 heavy (non-hydrogen) atoms. The van der Waals surface area contributed by atoms with Crippen molar-refractivity contribution in [1.82, 2.24) is 5.32 Å². The summed E-state index contributed by atoms with van der Waals surface area (Å²) in [7, 11) is 0. The summed E-state index contributed by atoms with van der Waals surface area (Å²) in [6.45, 7) is 14.3. The van der Waals surface area contributed by atoms with E-state index in [0.717, 1.165) is 23.9 Å². The molecule has 0 atom stereocenters. The molecule has 2 aliphatic carbocycles. The Labute approximate surface area is 95.0 Å². The molecular formula is C14H27N. The van der Waals surface area contributed by atoms with Crippen LogP contribution in [-0.2, 0) is 0 Å². The predicted molar refractivity (Wildman–Crippen MR) is 65.8 cm³/mol. The highest BCUT2D eigenvalue weighted by Crippen LogP contribution is 2.63. The van der Waals surface area contributed by atoms with Gasteiger partial charge >= 0.3 is 0 Å². The van der Waals surface area contributed by atoms with Crippen LogP contribution in [-0.4, -0.2) is 12.1 Å². The summed E-state index contributed by atoms with van der Waals surface area (Å²) in [6, 6.07) is 1.55. The number of hydrogen-bond donors (Lipinski definition) is 1. The van der Waals surface area contributed by atoms with Crippen molar-refractivity contribution in [3.8, 4) is 0 Å². The van der Waals surface area contributed by atoms with Gasteiger partial charge in [0.2, 0.25) is 0 Å². The van der Waals surface area contributed by atoms with Gasteiger partial charge in [-0.15, -0.1) is 0 Å². The van der Waals surface area contributed by atoms with E-state index in [0.29, 0.717) is 10.8 Å². The molecule has 2 aliphatic rings. The van der Waals surface area contributed by atoms with E-state index in [4.69, 9.17) is 0 Å². The van der Waals surface area contributed by atoms with E-state index in [1.807, 2.05) is 0 Å². The van der Waals surface area contributed by atoms with Crippen LogP contribution in [0.5, 0.6) is 0 Å². The van der Waals surface area contributed by atoms with E-state index >= 15 is 0 Å². The second-order valence-corrected chi connectivity index (χ2v) is 7.22. The predicted octanol–water partition coefficient (Wildman–Crippen LogP) is 3.45. The van der Waals surface area contributed by atoms with Gasteiger partial charge in [0.25, 0.3) is 0 Å². The molecular weight excluding hydrogens is 182 g/mol. The largest absolute Gasteiger partial charge is 0.310 e. The molecule has 0 aromatic carbocycles. The smallest absolute Gasteiger partial charge is 0.0183 e. The molecule has 0 amide bonds. The van der Waals surface area contributed by atoms with Crippen LogP contribution in [0.15, 0.2) is 0 Å². The molecule has 0 aliphatic heterocycles. The Hall–Kier alpha value is -0.0400. The minimum absolute atomic E-state index is 0.496. The van der Waals surface area contributed by atoms with Crippen LogP contribution < -0.4 is 5.32 Å². The number of hydrogen-bond acceptors (Lipinski definition) is 1. The molecule has 2 rings (SSSR count). The molecule has 0 heterocycles. The Bertz CT molecular complexity index is 232. The standard InChI is InChI=1S/C14H27N/c1-9(2)10-7-11(8-10)15-12-13(3,4)14(12,5)6/h9-12,15H,7-8H2,1-6H3. The summed E-state index contributed by atoms with van der Waals surface area (Å²) in [4.78, 5) is 0. The van der Waals surface area contributed by atoms with Crippen LogP contribution in [0.1, 0.15) is 54.4 Å². The van der Waals surface area contributed by atoms with Gasteiger partial charge < -0.3 is 5.32 Å².